The molecule has 0 atom stereocenters. The fraction of sp³-hybridized carbons (Fsp3) is 0.867. The summed E-state index contributed by atoms with van der Waals surface area (Å²) in [7, 11) is 0. The van der Waals surface area contributed by atoms with E-state index in [0.717, 1.165) is 77.8 Å². The van der Waals surface area contributed by atoms with Gasteiger partial charge in [-0.2, -0.15) is 11.5 Å². The molecule has 0 amide bonds. The Balaban J connectivity index is -0.000000152. The molecule has 39 heavy (non-hydrogen) atoms. The second-order valence-corrected chi connectivity index (χ2v) is 9.22. The van der Waals surface area contributed by atoms with Crippen LogP contribution in [0.2, 0.25) is 0 Å². The number of hydrogen-bond donors (Lipinski definition) is 0. The Bertz CT molecular complexity index is 390. The Morgan fingerprint density at radius 1 is 0.538 bits per heavy atom. The molecule has 0 saturated carbocycles. The second-order valence-electron chi connectivity index (χ2n) is 8.40. The predicted molar refractivity (Wildman–Crippen MR) is 172 cm³/mol. The number of rotatable bonds is 22. The molecule has 0 unspecified atom stereocenters. The minimum atomic E-state index is -0.183. The van der Waals surface area contributed by atoms with Crippen molar-refractivity contribution in [3.05, 3.63) is 13.8 Å². The van der Waals surface area contributed by atoms with Gasteiger partial charge in [-0.3, -0.25) is 9.59 Å². The summed E-state index contributed by atoms with van der Waals surface area (Å²) < 4.78 is 20.6. The van der Waals surface area contributed by atoms with Crippen molar-refractivity contribution in [3.63, 3.8) is 0 Å². The molecule has 0 aliphatic heterocycles. The van der Waals surface area contributed by atoms with E-state index in [2.05, 4.69) is 66.8 Å². The summed E-state index contributed by atoms with van der Waals surface area (Å²) in [5.74, 6) is 0.520. The van der Waals surface area contributed by atoms with Gasteiger partial charge in [-0.25, -0.2) is 0 Å². The van der Waals surface area contributed by atoms with Gasteiger partial charge in [0.25, 0.3) is 0 Å². The topological polar surface area (TPSA) is 71.1 Å². The van der Waals surface area contributed by atoms with Crippen molar-refractivity contribution in [3.8, 4) is 0 Å². The third-order valence-corrected chi connectivity index (χ3v) is 4.90. The molecule has 0 N–H and O–H groups in total. The van der Waals surface area contributed by atoms with Crippen molar-refractivity contribution < 1.29 is 28.5 Å². The van der Waals surface area contributed by atoms with Gasteiger partial charge in [0.2, 0.25) is 0 Å². The third kappa shape index (κ3) is 63.1. The van der Waals surface area contributed by atoms with Crippen molar-refractivity contribution in [2.24, 2.45) is 0 Å². The number of unbranched alkanes of at least 4 members (excludes halogenated alkanes) is 6. The van der Waals surface area contributed by atoms with E-state index >= 15 is 0 Å². The Kier molecular flexibility index (Phi) is 64.3. The van der Waals surface area contributed by atoms with Crippen LogP contribution in [0.4, 0.5) is 0 Å². The number of carbonyl (C=O) groups excluding carboxylic acids is 2. The Morgan fingerprint density at radius 3 is 1.08 bits per heavy atom. The van der Waals surface area contributed by atoms with Gasteiger partial charge in [0, 0.05) is 39.3 Å². The molecule has 0 heterocycles. The van der Waals surface area contributed by atoms with Gasteiger partial charge in [0.05, 0.1) is 13.2 Å². The molecular weight excluding hydrogens is 639 g/mol. The first kappa shape index (κ1) is 49.1. The molecule has 0 saturated heterocycles. The molecule has 9 heteroatoms. The summed E-state index contributed by atoms with van der Waals surface area (Å²) in [6.07, 6.45) is 13.5. The predicted octanol–water partition coefficient (Wildman–Crippen LogP) is 6.99. The second kappa shape index (κ2) is 51.1. The average Bonchev–Trinajstić information content (AvgIpc) is 2.92. The molecule has 0 aliphatic carbocycles. The molecule has 0 bridgehead atoms. The van der Waals surface area contributed by atoms with E-state index in [1.165, 1.54) is 25.7 Å². The molecule has 0 aliphatic rings. The first-order chi connectivity index (χ1) is 18.4. The summed E-state index contributed by atoms with van der Waals surface area (Å²) in [6.45, 7) is 19.9. The van der Waals surface area contributed by atoms with Crippen LogP contribution in [0.25, 0.3) is 0 Å². The van der Waals surface area contributed by atoms with Crippen molar-refractivity contribution in [1.29, 1.82) is 0 Å². The van der Waals surface area contributed by atoms with E-state index in [1.54, 1.807) is 0 Å². The fourth-order valence-electron chi connectivity index (χ4n) is 1.99. The van der Waals surface area contributed by atoms with E-state index in [1.807, 2.05) is 0 Å². The van der Waals surface area contributed by atoms with Crippen molar-refractivity contribution >= 4 is 61.1 Å². The number of hydrogen-bond acceptors (Lipinski definition) is 8. The van der Waals surface area contributed by atoms with Crippen LogP contribution < -0.4 is 0 Å². The fourth-order valence-corrected chi connectivity index (χ4v) is 2.33. The molecule has 0 aromatic rings. The quantitative estimate of drug-likeness (QED) is 0.0519. The summed E-state index contributed by atoms with van der Waals surface area (Å²) in [5, 5.41) is 0. The Morgan fingerprint density at radius 2 is 0.821 bits per heavy atom. The molecule has 232 valence electrons. The van der Waals surface area contributed by atoms with Gasteiger partial charge < -0.3 is 44.2 Å². The van der Waals surface area contributed by atoms with Gasteiger partial charge in [-0.15, -0.1) is 0 Å². The zero-order valence-corrected chi connectivity index (χ0v) is 30.2. The zero-order valence-electron chi connectivity index (χ0n) is 25.7. The van der Waals surface area contributed by atoms with Gasteiger partial charge in [-0.1, -0.05) is 80.1 Å². The third-order valence-electron chi connectivity index (χ3n) is 4.50. The standard InChI is InChI=1S/2C11H22O3S.2C4H9.Sn/c2*1-2-3-7-13-8-4-5-9-14-11(12)6-10-15;2*1-3-4-2;/h2*15H,2-10H2,1H3;2*1,3-4H2,2H3;/q;;;;+2/p-2. The first-order valence-electron chi connectivity index (χ1n) is 14.7. The Hall–Kier alpha value is 0.359. The molecule has 0 rings (SSSR count). The summed E-state index contributed by atoms with van der Waals surface area (Å²) in [5.41, 5.74) is 0. The maximum atomic E-state index is 10.9. The Labute approximate surface area is 271 Å². The van der Waals surface area contributed by atoms with Gasteiger partial charge in [0.1, 0.15) is 0 Å². The van der Waals surface area contributed by atoms with Crippen LogP contribution in [0.5, 0.6) is 0 Å². The van der Waals surface area contributed by atoms with E-state index in [4.69, 9.17) is 18.9 Å². The van der Waals surface area contributed by atoms with Crippen LogP contribution in [-0.2, 0) is 53.8 Å². The van der Waals surface area contributed by atoms with Gasteiger partial charge in [0.15, 0.2) is 0 Å². The molecule has 0 fully saturated rings. The molecule has 0 spiro atoms. The first-order valence-corrected chi connectivity index (χ1v) is 15.8. The molecule has 6 nitrogen and oxygen atoms in total. The minimum absolute atomic E-state index is 0. The van der Waals surface area contributed by atoms with Crippen LogP contribution in [0, 0.1) is 13.8 Å². The maximum Gasteiger partial charge on any atom is 2.00 e. The SMILES string of the molecule is CCCCOCCCCOC(=O)CC[S-].CCCCOCCCCOC(=O)CC[S-].[CH2]CCC.[CH2]CCC.[Sn+2]. The van der Waals surface area contributed by atoms with Gasteiger partial charge >= 0.3 is 35.8 Å². The van der Waals surface area contributed by atoms with Crippen molar-refractivity contribution in [1.82, 2.24) is 0 Å². The zero-order chi connectivity index (χ0) is 29.5. The largest absolute Gasteiger partial charge is 2.00 e. The van der Waals surface area contributed by atoms with Gasteiger partial charge in [-0.05, 0) is 38.5 Å². The summed E-state index contributed by atoms with van der Waals surface area (Å²) in [6, 6.07) is 0. The maximum absolute atomic E-state index is 10.9. The molecule has 4 radical (unpaired) electrons. The number of carbonyl (C=O) groups is 2. The van der Waals surface area contributed by atoms with Crippen LogP contribution in [0.15, 0.2) is 0 Å². The van der Waals surface area contributed by atoms with E-state index in [0.29, 0.717) is 37.6 Å². The van der Waals surface area contributed by atoms with Crippen molar-refractivity contribution in [2.75, 3.05) is 51.1 Å². The monoisotopic (exact) mass is 700 g/mol. The van der Waals surface area contributed by atoms with Crippen LogP contribution in [0.1, 0.15) is 118 Å². The molecule has 0 aromatic carbocycles. The molecule has 0 aromatic heterocycles. The van der Waals surface area contributed by atoms with Crippen LogP contribution in [-0.4, -0.2) is 87.0 Å². The average molecular weight is 700 g/mol. The smallest absolute Gasteiger partial charge is 0.792 e. The van der Waals surface area contributed by atoms with Crippen LogP contribution >= 0.6 is 0 Å². The summed E-state index contributed by atoms with van der Waals surface area (Å²) >= 11 is 9.34. The van der Waals surface area contributed by atoms with Crippen molar-refractivity contribution in [2.45, 2.75) is 118 Å². The van der Waals surface area contributed by atoms with E-state index in [-0.39, 0.29) is 35.8 Å². The number of ether oxygens (including phenoxy) is 4. The van der Waals surface area contributed by atoms with Crippen LogP contribution in [0.3, 0.4) is 0 Å². The molecular formula is C30H60O6S2Sn. The summed E-state index contributed by atoms with van der Waals surface area (Å²) in [4.78, 5) is 21.8. The van der Waals surface area contributed by atoms with E-state index in [9.17, 15) is 9.59 Å². The minimum Gasteiger partial charge on any atom is -0.792 e. The van der Waals surface area contributed by atoms with E-state index < -0.39 is 0 Å². The number of esters is 2. The normalized spacial score (nSPS) is 9.44.